The van der Waals surface area contributed by atoms with Gasteiger partial charge in [0, 0.05) is 16.7 Å². The quantitative estimate of drug-likeness (QED) is 0.262. The normalized spacial score (nSPS) is 12.9. The molecule has 0 unspecified atom stereocenters. The zero-order valence-corrected chi connectivity index (χ0v) is 19.8. The second-order valence-corrected chi connectivity index (χ2v) is 7.95. The Hall–Kier alpha value is -3.61. The molecule has 3 rings (SSSR count). The van der Waals surface area contributed by atoms with Crippen LogP contribution in [-0.2, 0) is 24.1 Å². The van der Waals surface area contributed by atoms with Crippen LogP contribution in [0.25, 0.3) is 0 Å². The average Bonchev–Trinajstić information content (AvgIpc) is 2.85. The number of aliphatic hydroxyl groups is 1. The molecule has 4 nitrogen and oxygen atoms in total. The molecular formula is C25H19F9O4. The van der Waals surface area contributed by atoms with Gasteiger partial charge in [0.2, 0.25) is 0 Å². The van der Waals surface area contributed by atoms with E-state index in [1.807, 2.05) is 0 Å². The highest BCUT2D eigenvalue weighted by Crippen LogP contribution is 2.51. The molecule has 1 N–H and O–H groups in total. The van der Waals surface area contributed by atoms with Gasteiger partial charge in [-0.15, -0.1) is 0 Å². The van der Waals surface area contributed by atoms with Gasteiger partial charge in [0.15, 0.2) is 5.60 Å². The van der Waals surface area contributed by atoms with E-state index in [0.717, 1.165) is 39.5 Å². The van der Waals surface area contributed by atoms with Gasteiger partial charge in [0.05, 0.1) is 38.0 Å². The van der Waals surface area contributed by atoms with Crippen LogP contribution in [-0.4, -0.2) is 26.4 Å². The van der Waals surface area contributed by atoms with E-state index in [9.17, 15) is 44.6 Å². The summed E-state index contributed by atoms with van der Waals surface area (Å²) in [6.07, 6.45) is -15.0. The molecule has 13 heteroatoms. The van der Waals surface area contributed by atoms with Gasteiger partial charge in [-0.25, -0.2) is 0 Å². The maximum atomic E-state index is 13.7. The molecule has 0 atom stereocenters. The smallest absolute Gasteiger partial charge is 0.416 e. The number of hydrogen-bond donors (Lipinski definition) is 1. The van der Waals surface area contributed by atoms with E-state index in [1.165, 1.54) is 0 Å². The molecule has 38 heavy (non-hydrogen) atoms. The Kier molecular flexibility index (Phi) is 7.57. The maximum absolute atomic E-state index is 13.7. The van der Waals surface area contributed by atoms with E-state index in [4.69, 9.17) is 14.2 Å². The Balaban J connectivity index is 2.60. The van der Waals surface area contributed by atoms with Crippen LogP contribution in [0.4, 0.5) is 39.5 Å². The number of methoxy groups -OCH3 is 3. The van der Waals surface area contributed by atoms with Gasteiger partial charge in [0.1, 0.15) is 17.2 Å². The molecule has 0 amide bonds. The number of rotatable bonds is 6. The zero-order valence-electron chi connectivity index (χ0n) is 19.8. The summed E-state index contributed by atoms with van der Waals surface area (Å²) in [5.41, 5.74) is -9.66. The summed E-state index contributed by atoms with van der Waals surface area (Å²) in [4.78, 5) is 0. The highest BCUT2D eigenvalue weighted by atomic mass is 19.4. The van der Waals surface area contributed by atoms with Crippen LogP contribution in [0.2, 0.25) is 0 Å². The van der Waals surface area contributed by atoms with Crippen molar-refractivity contribution >= 4 is 0 Å². The minimum absolute atomic E-state index is 0.373. The lowest BCUT2D eigenvalue weighted by atomic mass is 9.77. The van der Waals surface area contributed by atoms with Gasteiger partial charge in [-0.05, 0) is 54.6 Å². The summed E-state index contributed by atoms with van der Waals surface area (Å²) in [6, 6.07) is 5.20. The van der Waals surface area contributed by atoms with E-state index < -0.39 is 74.8 Å². The first kappa shape index (κ1) is 29.0. The Morgan fingerprint density at radius 3 is 0.895 bits per heavy atom. The molecule has 0 aromatic heterocycles. The highest BCUT2D eigenvalue weighted by Gasteiger charge is 2.46. The predicted octanol–water partition coefficient (Wildman–Crippen LogP) is 7.05. The fourth-order valence-electron chi connectivity index (χ4n) is 3.94. The van der Waals surface area contributed by atoms with Crippen molar-refractivity contribution in [2.45, 2.75) is 24.1 Å². The topological polar surface area (TPSA) is 47.9 Å². The highest BCUT2D eigenvalue weighted by molar-refractivity contribution is 5.61. The molecule has 206 valence electrons. The van der Waals surface area contributed by atoms with Crippen LogP contribution < -0.4 is 14.2 Å². The molecule has 0 fully saturated rings. The Labute approximate surface area is 210 Å². The first-order chi connectivity index (χ1) is 17.5. The number of hydrogen-bond acceptors (Lipinski definition) is 4. The summed E-state index contributed by atoms with van der Waals surface area (Å²) < 4.78 is 138. The van der Waals surface area contributed by atoms with E-state index in [0.29, 0.717) is 36.4 Å². The first-order valence-electron chi connectivity index (χ1n) is 10.5. The fraction of sp³-hybridized carbons (Fsp3) is 0.280. The second-order valence-electron chi connectivity index (χ2n) is 7.95. The predicted molar refractivity (Wildman–Crippen MR) is 116 cm³/mol. The van der Waals surface area contributed by atoms with Crippen LogP contribution >= 0.6 is 0 Å². The number of halogens is 9. The lowest BCUT2D eigenvalue weighted by Gasteiger charge is -2.34. The zero-order chi connectivity index (χ0) is 28.7. The van der Waals surface area contributed by atoms with Gasteiger partial charge in [-0.1, -0.05) is 0 Å². The third-order valence-corrected chi connectivity index (χ3v) is 5.75. The number of benzene rings is 3. The maximum Gasteiger partial charge on any atom is 0.416 e. The summed E-state index contributed by atoms with van der Waals surface area (Å²) in [7, 11) is 3.00. The first-order valence-corrected chi connectivity index (χ1v) is 10.5. The van der Waals surface area contributed by atoms with Crippen molar-refractivity contribution in [3.8, 4) is 17.2 Å². The Morgan fingerprint density at radius 2 is 0.711 bits per heavy atom. The molecule has 0 radical (unpaired) electrons. The van der Waals surface area contributed by atoms with Crippen LogP contribution in [0.5, 0.6) is 17.2 Å². The van der Waals surface area contributed by atoms with Crippen molar-refractivity contribution in [3.63, 3.8) is 0 Å². The summed E-state index contributed by atoms with van der Waals surface area (Å²) in [6.45, 7) is 0. The van der Waals surface area contributed by atoms with Gasteiger partial charge < -0.3 is 19.3 Å². The van der Waals surface area contributed by atoms with Crippen molar-refractivity contribution in [1.29, 1.82) is 0 Å². The molecule has 0 bridgehead atoms. The lowest BCUT2D eigenvalue weighted by Crippen LogP contribution is -2.32. The average molecular weight is 554 g/mol. The number of alkyl halides is 9. The molecule has 0 aliphatic heterocycles. The standard InChI is InChI=1S/C25H19F9O4/c1-36-19-7-4-13(23(26,27)28)10-16(19)22(35,17-11-14(24(29,30)31)5-8-20(17)37-2)18-12-15(25(32,33)34)6-9-21(18)38-3/h4-12,35H,1-3H3. The van der Waals surface area contributed by atoms with Crippen molar-refractivity contribution < 1.29 is 58.8 Å². The minimum Gasteiger partial charge on any atom is -0.496 e. The van der Waals surface area contributed by atoms with Crippen molar-refractivity contribution in [3.05, 3.63) is 88.0 Å². The van der Waals surface area contributed by atoms with Crippen LogP contribution in [0.3, 0.4) is 0 Å². The lowest BCUT2D eigenvalue weighted by molar-refractivity contribution is -0.138. The Morgan fingerprint density at radius 1 is 0.474 bits per heavy atom. The Bertz CT molecular complexity index is 1150. The minimum atomic E-state index is -5.00. The summed E-state index contributed by atoms with van der Waals surface area (Å²) in [5, 5.41) is 12.2. The van der Waals surface area contributed by atoms with Crippen molar-refractivity contribution in [2.24, 2.45) is 0 Å². The molecule has 0 aliphatic carbocycles. The fourth-order valence-corrected chi connectivity index (χ4v) is 3.94. The van der Waals surface area contributed by atoms with Gasteiger partial charge in [-0.3, -0.25) is 0 Å². The molecule has 3 aromatic rings. The largest absolute Gasteiger partial charge is 0.496 e. The van der Waals surface area contributed by atoms with E-state index in [-0.39, 0.29) is 0 Å². The molecule has 0 heterocycles. The SMILES string of the molecule is COc1ccc(C(F)(F)F)cc1C(O)(c1cc(C(F)(F)F)ccc1OC)c1cc(C(F)(F)F)ccc1OC. The molecule has 3 aromatic carbocycles. The molecule has 0 spiro atoms. The van der Waals surface area contributed by atoms with E-state index >= 15 is 0 Å². The third-order valence-electron chi connectivity index (χ3n) is 5.75. The van der Waals surface area contributed by atoms with E-state index in [1.54, 1.807) is 0 Å². The van der Waals surface area contributed by atoms with Crippen LogP contribution in [0.1, 0.15) is 33.4 Å². The molecular weight excluding hydrogens is 535 g/mol. The molecule has 0 saturated carbocycles. The van der Waals surface area contributed by atoms with Crippen molar-refractivity contribution in [1.82, 2.24) is 0 Å². The molecule has 0 saturated heterocycles. The summed E-state index contributed by atoms with van der Waals surface area (Å²) >= 11 is 0. The molecule has 0 aliphatic rings. The third kappa shape index (κ3) is 5.33. The summed E-state index contributed by atoms with van der Waals surface area (Å²) in [5.74, 6) is -1.42. The second kappa shape index (κ2) is 9.93. The monoisotopic (exact) mass is 554 g/mol. The van der Waals surface area contributed by atoms with Crippen LogP contribution in [0.15, 0.2) is 54.6 Å². The van der Waals surface area contributed by atoms with Gasteiger partial charge >= 0.3 is 18.5 Å². The van der Waals surface area contributed by atoms with Crippen LogP contribution in [0, 0.1) is 0 Å². The van der Waals surface area contributed by atoms with Crippen molar-refractivity contribution in [2.75, 3.05) is 21.3 Å². The number of ether oxygens (including phenoxy) is 3. The van der Waals surface area contributed by atoms with E-state index in [2.05, 4.69) is 0 Å². The van der Waals surface area contributed by atoms with Gasteiger partial charge in [-0.2, -0.15) is 39.5 Å². The van der Waals surface area contributed by atoms with Gasteiger partial charge in [0.25, 0.3) is 0 Å².